The Morgan fingerprint density at radius 1 is 0.950 bits per heavy atom. The molecule has 0 aliphatic carbocycles. The van der Waals surface area contributed by atoms with Crippen LogP contribution in [0.15, 0.2) is 42.5 Å². The summed E-state index contributed by atoms with van der Waals surface area (Å²) in [5.74, 6) is 1.73. The third-order valence-corrected chi connectivity index (χ3v) is 3.97. The lowest BCUT2D eigenvalue weighted by Gasteiger charge is -2.15. The molecule has 2 aromatic rings. The zero-order valence-electron chi connectivity index (χ0n) is 11.3. The zero-order valence-corrected chi connectivity index (χ0v) is 11.3. The van der Waals surface area contributed by atoms with Crippen LogP contribution in [-0.4, -0.2) is 13.2 Å². The highest BCUT2D eigenvalue weighted by atomic mass is 16.5. The first kappa shape index (κ1) is 11.8. The molecule has 1 N–H and O–H groups in total. The molecule has 0 aromatic heterocycles. The standard InChI is InChI=1S/C17H17NO2/c1-2-5-14-13(4-1)11-18-17(14)12-6-7-15-16(10-12)20-9-3-8-19-15/h1-2,4-7,10,17-18H,3,8-9,11H2. The predicted octanol–water partition coefficient (Wildman–Crippen LogP) is 3.04. The van der Waals surface area contributed by atoms with Crippen LogP contribution >= 0.6 is 0 Å². The normalized spacial score (nSPS) is 20.3. The number of fused-ring (bicyclic) bond motifs is 2. The van der Waals surface area contributed by atoms with Crippen LogP contribution in [0.1, 0.15) is 29.2 Å². The van der Waals surface area contributed by atoms with E-state index in [2.05, 4.69) is 41.7 Å². The summed E-state index contributed by atoms with van der Waals surface area (Å²) in [7, 11) is 0. The lowest BCUT2D eigenvalue weighted by atomic mass is 9.98. The van der Waals surface area contributed by atoms with E-state index in [9.17, 15) is 0 Å². The van der Waals surface area contributed by atoms with E-state index in [1.54, 1.807) is 0 Å². The van der Waals surface area contributed by atoms with E-state index >= 15 is 0 Å². The Morgan fingerprint density at radius 3 is 2.75 bits per heavy atom. The molecule has 0 saturated heterocycles. The minimum atomic E-state index is 0.253. The number of benzene rings is 2. The van der Waals surface area contributed by atoms with Crippen LogP contribution in [0.3, 0.4) is 0 Å². The maximum absolute atomic E-state index is 5.78. The van der Waals surface area contributed by atoms with E-state index in [0.717, 1.165) is 37.7 Å². The van der Waals surface area contributed by atoms with Crippen LogP contribution in [0.2, 0.25) is 0 Å². The lowest BCUT2D eigenvalue weighted by Crippen LogP contribution is -2.13. The SMILES string of the molecule is c1ccc2c(c1)CNC2c1ccc2c(c1)OCCCO2. The maximum atomic E-state index is 5.78. The van der Waals surface area contributed by atoms with Crippen LogP contribution in [0.25, 0.3) is 0 Å². The zero-order chi connectivity index (χ0) is 13.4. The van der Waals surface area contributed by atoms with Crippen molar-refractivity contribution in [3.05, 3.63) is 59.2 Å². The van der Waals surface area contributed by atoms with Crippen LogP contribution < -0.4 is 14.8 Å². The molecular formula is C17H17NO2. The summed E-state index contributed by atoms with van der Waals surface area (Å²) in [6.45, 7) is 2.39. The minimum absolute atomic E-state index is 0.253. The van der Waals surface area contributed by atoms with Gasteiger partial charge in [-0.1, -0.05) is 30.3 Å². The van der Waals surface area contributed by atoms with E-state index in [1.165, 1.54) is 16.7 Å². The van der Waals surface area contributed by atoms with Gasteiger partial charge in [0.25, 0.3) is 0 Å². The summed E-state index contributed by atoms with van der Waals surface area (Å²) < 4.78 is 11.5. The first-order chi connectivity index (χ1) is 9.92. The smallest absolute Gasteiger partial charge is 0.161 e. The number of nitrogens with one attached hydrogen (secondary N) is 1. The molecule has 4 rings (SSSR count). The minimum Gasteiger partial charge on any atom is -0.490 e. The van der Waals surface area contributed by atoms with Crippen molar-refractivity contribution < 1.29 is 9.47 Å². The Kier molecular flexibility index (Phi) is 2.85. The molecule has 3 nitrogen and oxygen atoms in total. The Morgan fingerprint density at radius 2 is 1.80 bits per heavy atom. The van der Waals surface area contributed by atoms with Crippen molar-refractivity contribution in [3.8, 4) is 11.5 Å². The van der Waals surface area contributed by atoms with Crippen LogP contribution in [0.5, 0.6) is 11.5 Å². The van der Waals surface area contributed by atoms with E-state index in [1.807, 2.05) is 6.07 Å². The number of rotatable bonds is 1. The summed E-state index contributed by atoms with van der Waals surface area (Å²) in [5.41, 5.74) is 3.98. The van der Waals surface area contributed by atoms with Crippen LogP contribution in [0.4, 0.5) is 0 Å². The second-order valence-electron chi connectivity index (χ2n) is 5.27. The van der Waals surface area contributed by atoms with Crippen molar-refractivity contribution in [1.29, 1.82) is 0 Å². The second kappa shape index (κ2) is 4.84. The van der Waals surface area contributed by atoms with E-state index in [-0.39, 0.29) is 6.04 Å². The van der Waals surface area contributed by atoms with E-state index < -0.39 is 0 Å². The maximum Gasteiger partial charge on any atom is 0.161 e. The third-order valence-electron chi connectivity index (χ3n) is 3.97. The van der Waals surface area contributed by atoms with Gasteiger partial charge in [-0.25, -0.2) is 0 Å². The molecule has 0 radical (unpaired) electrons. The predicted molar refractivity (Wildman–Crippen MR) is 77.2 cm³/mol. The summed E-state index contributed by atoms with van der Waals surface area (Å²) in [4.78, 5) is 0. The molecule has 0 fully saturated rings. The fraction of sp³-hybridized carbons (Fsp3) is 0.294. The van der Waals surface area contributed by atoms with Gasteiger partial charge in [0.2, 0.25) is 0 Å². The monoisotopic (exact) mass is 267 g/mol. The van der Waals surface area contributed by atoms with Gasteiger partial charge in [-0.2, -0.15) is 0 Å². The topological polar surface area (TPSA) is 30.5 Å². The molecular weight excluding hydrogens is 250 g/mol. The highest BCUT2D eigenvalue weighted by Crippen LogP contribution is 2.36. The van der Waals surface area contributed by atoms with Gasteiger partial charge in [0.15, 0.2) is 11.5 Å². The molecule has 2 aliphatic rings. The number of hydrogen-bond acceptors (Lipinski definition) is 3. The van der Waals surface area contributed by atoms with Gasteiger partial charge in [0.1, 0.15) is 0 Å². The summed E-state index contributed by atoms with van der Waals surface area (Å²) in [5, 5.41) is 3.56. The van der Waals surface area contributed by atoms with Gasteiger partial charge >= 0.3 is 0 Å². The fourth-order valence-corrected chi connectivity index (χ4v) is 2.96. The van der Waals surface area contributed by atoms with Crippen LogP contribution in [0, 0.1) is 0 Å². The Bertz CT molecular complexity index is 639. The molecule has 3 heteroatoms. The quantitative estimate of drug-likeness (QED) is 0.861. The average Bonchev–Trinajstić information content (AvgIpc) is 2.78. The second-order valence-corrected chi connectivity index (χ2v) is 5.27. The van der Waals surface area contributed by atoms with Crippen molar-refractivity contribution in [1.82, 2.24) is 5.32 Å². The van der Waals surface area contributed by atoms with E-state index in [0.29, 0.717) is 0 Å². The molecule has 1 unspecified atom stereocenters. The molecule has 0 amide bonds. The number of ether oxygens (including phenoxy) is 2. The summed E-state index contributed by atoms with van der Waals surface area (Å²) in [6.07, 6.45) is 0.939. The van der Waals surface area contributed by atoms with Crippen molar-refractivity contribution in [2.24, 2.45) is 0 Å². The fourth-order valence-electron chi connectivity index (χ4n) is 2.96. The first-order valence-electron chi connectivity index (χ1n) is 7.12. The summed E-state index contributed by atoms with van der Waals surface area (Å²) in [6, 6.07) is 15.1. The van der Waals surface area contributed by atoms with Crippen molar-refractivity contribution in [3.63, 3.8) is 0 Å². The molecule has 0 bridgehead atoms. The summed E-state index contributed by atoms with van der Waals surface area (Å²) >= 11 is 0. The highest BCUT2D eigenvalue weighted by Gasteiger charge is 2.24. The largest absolute Gasteiger partial charge is 0.490 e. The Balaban J connectivity index is 1.72. The van der Waals surface area contributed by atoms with Crippen molar-refractivity contribution in [2.45, 2.75) is 19.0 Å². The van der Waals surface area contributed by atoms with E-state index in [4.69, 9.17) is 9.47 Å². The Hall–Kier alpha value is -2.00. The molecule has 2 aromatic carbocycles. The van der Waals surface area contributed by atoms with Crippen molar-refractivity contribution >= 4 is 0 Å². The van der Waals surface area contributed by atoms with Gasteiger partial charge in [-0.15, -0.1) is 0 Å². The van der Waals surface area contributed by atoms with Gasteiger partial charge in [0.05, 0.1) is 19.3 Å². The third kappa shape index (κ3) is 1.95. The molecule has 0 saturated carbocycles. The first-order valence-corrected chi connectivity index (χ1v) is 7.12. The van der Waals surface area contributed by atoms with Gasteiger partial charge < -0.3 is 14.8 Å². The van der Waals surface area contributed by atoms with Gasteiger partial charge in [-0.05, 0) is 28.8 Å². The Labute approximate surface area is 118 Å². The molecule has 2 aliphatic heterocycles. The molecule has 20 heavy (non-hydrogen) atoms. The van der Waals surface area contributed by atoms with Crippen LogP contribution in [-0.2, 0) is 6.54 Å². The van der Waals surface area contributed by atoms with Gasteiger partial charge in [0, 0.05) is 13.0 Å². The molecule has 1 atom stereocenters. The van der Waals surface area contributed by atoms with Gasteiger partial charge in [-0.3, -0.25) is 0 Å². The molecule has 0 spiro atoms. The molecule has 102 valence electrons. The van der Waals surface area contributed by atoms with Crippen molar-refractivity contribution in [2.75, 3.05) is 13.2 Å². The lowest BCUT2D eigenvalue weighted by molar-refractivity contribution is 0.297. The highest BCUT2D eigenvalue weighted by molar-refractivity contribution is 5.48. The average molecular weight is 267 g/mol. The number of hydrogen-bond donors (Lipinski definition) is 1. The molecule has 2 heterocycles.